The van der Waals surface area contributed by atoms with Crippen molar-refractivity contribution in [1.29, 1.82) is 0 Å². The van der Waals surface area contributed by atoms with Crippen LogP contribution in [0.3, 0.4) is 0 Å². The smallest absolute Gasteiger partial charge is 0.0703 e. The highest BCUT2D eigenvalue weighted by atomic mass is 16.3. The molecule has 3 saturated carbocycles. The van der Waals surface area contributed by atoms with Crippen molar-refractivity contribution < 1.29 is 5.11 Å². The normalized spacial score (nSPS) is 50.8. The highest BCUT2D eigenvalue weighted by Gasteiger charge is 2.62. The molecule has 0 aromatic carbocycles. The topological polar surface area (TPSA) is 20.2 Å². The molecule has 0 radical (unpaired) electrons. The Bertz CT molecular complexity index is 467. The second kappa shape index (κ2) is 5.36. The van der Waals surface area contributed by atoms with Crippen molar-refractivity contribution >= 4 is 0 Å². The van der Waals surface area contributed by atoms with Gasteiger partial charge in [-0.25, -0.2) is 0 Å². The van der Waals surface area contributed by atoms with E-state index in [1.165, 1.54) is 57.8 Å². The van der Waals surface area contributed by atoms with Gasteiger partial charge in [0, 0.05) is 5.41 Å². The van der Waals surface area contributed by atoms with Crippen LogP contribution in [0.1, 0.15) is 84.5 Å². The maximum Gasteiger partial charge on any atom is 0.0703 e. The van der Waals surface area contributed by atoms with E-state index in [0.717, 1.165) is 36.5 Å². The molecule has 124 valence electrons. The first-order valence-electron chi connectivity index (χ1n) is 10.1. The number of rotatable bonds is 2. The lowest BCUT2D eigenvalue weighted by Crippen LogP contribution is -2.53. The van der Waals surface area contributed by atoms with E-state index >= 15 is 0 Å². The average molecular weight is 303 g/mol. The SMILES string of the molecule is CC[C@]1(O)CC[C@H]2[C@@H]3CCC4=CCCC[C@@H]4[C@H]3CC[C@@]21CC. The molecule has 0 spiro atoms. The van der Waals surface area contributed by atoms with Gasteiger partial charge in [0.05, 0.1) is 5.60 Å². The van der Waals surface area contributed by atoms with E-state index in [1.807, 2.05) is 5.57 Å². The van der Waals surface area contributed by atoms with Crippen molar-refractivity contribution in [2.24, 2.45) is 29.1 Å². The molecular weight excluding hydrogens is 268 g/mol. The summed E-state index contributed by atoms with van der Waals surface area (Å²) in [5, 5.41) is 11.4. The van der Waals surface area contributed by atoms with Crippen LogP contribution in [0.5, 0.6) is 0 Å². The summed E-state index contributed by atoms with van der Waals surface area (Å²) < 4.78 is 0. The first-order chi connectivity index (χ1) is 10.6. The molecule has 0 saturated heterocycles. The molecule has 0 aromatic heterocycles. The second-order valence-corrected chi connectivity index (χ2v) is 8.76. The number of aliphatic hydroxyl groups is 1. The van der Waals surface area contributed by atoms with Crippen LogP contribution in [-0.4, -0.2) is 10.7 Å². The third kappa shape index (κ3) is 1.87. The fourth-order valence-electron chi connectivity index (χ4n) is 7.53. The fourth-order valence-corrected chi connectivity index (χ4v) is 7.53. The Balaban J connectivity index is 1.66. The van der Waals surface area contributed by atoms with E-state index in [9.17, 15) is 5.11 Å². The van der Waals surface area contributed by atoms with Crippen molar-refractivity contribution in [2.75, 3.05) is 0 Å². The summed E-state index contributed by atoms with van der Waals surface area (Å²) in [6.07, 6.45) is 16.8. The van der Waals surface area contributed by atoms with Gasteiger partial charge in [-0.3, -0.25) is 0 Å². The first-order valence-corrected chi connectivity index (χ1v) is 10.1. The lowest BCUT2D eigenvalue weighted by atomic mass is 9.49. The van der Waals surface area contributed by atoms with Gasteiger partial charge in [0.2, 0.25) is 0 Å². The third-order valence-electron chi connectivity index (χ3n) is 8.60. The second-order valence-electron chi connectivity index (χ2n) is 8.76. The molecule has 0 aromatic rings. The minimum Gasteiger partial charge on any atom is -0.389 e. The zero-order valence-corrected chi connectivity index (χ0v) is 14.6. The minimum atomic E-state index is -0.361. The van der Waals surface area contributed by atoms with Gasteiger partial charge in [-0.05, 0) is 94.3 Å². The Labute approximate surface area is 136 Å². The predicted molar refractivity (Wildman–Crippen MR) is 91.6 cm³/mol. The standard InChI is InChI=1S/C21H34O/c1-3-20-13-11-17-16-8-6-5-7-15(16)9-10-18(17)19(20)12-14-21(20,22)4-2/h7,16-19,22H,3-6,8-14H2,1-2H3/t16-,17+,18+,19-,20-,21-/m0/s1. The number of fused-ring (bicyclic) bond motifs is 5. The summed E-state index contributed by atoms with van der Waals surface area (Å²) in [7, 11) is 0. The highest BCUT2D eigenvalue weighted by molar-refractivity contribution is 5.20. The Morgan fingerprint density at radius 3 is 2.68 bits per heavy atom. The molecule has 0 heterocycles. The van der Waals surface area contributed by atoms with Gasteiger partial charge in [0.15, 0.2) is 0 Å². The van der Waals surface area contributed by atoms with Crippen LogP contribution in [0.25, 0.3) is 0 Å². The lowest BCUT2D eigenvalue weighted by molar-refractivity contribution is -0.131. The fraction of sp³-hybridized carbons (Fsp3) is 0.905. The summed E-state index contributed by atoms with van der Waals surface area (Å²) >= 11 is 0. The Morgan fingerprint density at radius 2 is 1.91 bits per heavy atom. The molecule has 0 bridgehead atoms. The van der Waals surface area contributed by atoms with E-state index in [4.69, 9.17) is 0 Å². The molecule has 1 nitrogen and oxygen atoms in total. The zero-order valence-electron chi connectivity index (χ0n) is 14.6. The van der Waals surface area contributed by atoms with E-state index in [1.54, 1.807) is 0 Å². The molecule has 0 unspecified atom stereocenters. The van der Waals surface area contributed by atoms with Crippen LogP contribution in [-0.2, 0) is 0 Å². The molecular formula is C21H34O. The van der Waals surface area contributed by atoms with Crippen molar-refractivity contribution in [2.45, 2.75) is 90.1 Å². The number of hydrogen-bond acceptors (Lipinski definition) is 1. The van der Waals surface area contributed by atoms with Gasteiger partial charge < -0.3 is 5.11 Å². The number of hydrogen-bond donors (Lipinski definition) is 1. The molecule has 3 fully saturated rings. The first kappa shape index (κ1) is 15.2. The number of allylic oxidation sites excluding steroid dienone is 2. The summed E-state index contributed by atoms with van der Waals surface area (Å²) in [6, 6.07) is 0. The van der Waals surface area contributed by atoms with Gasteiger partial charge >= 0.3 is 0 Å². The molecule has 1 N–H and O–H groups in total. The highest BCUT2D eigenvalue weighted by Crippen LogP contribution is 2.66. The minimum absolute atomic E-state index is 0.249. The summed E-state index contributed by atoms with van der Waals surface area (Å²) in [5.74, 6) is 3.58. The van der Waals surface area contributed by atoms with E-state index in [-0.39, 0.29) is 11.0 Å². The van der Waals surface area contributed by atoms with E-state index in [2.05, 4.69) is 19.9 Å². The summed E-state index contributed by atoms with van der Waals surface area (Å²) in [6.45, 7) is 4.57. The molecule has 4 aliphatic rings. The Hall–Kier alpha value is -0.300. The van der Waals surface area contributed by atoms with Gasteiger partial charge in [-0.2, -0.15) is 0 Å². The molecule has 4 aliphatic carbocycles. The summed E-state index contributed by atoms with van der Waals surface area (Å²) in [4.78, 5) is 0. The van der Waals surface area contributed by atoms with Gasteiger partial charge in [0.1, 0.15) is 0 Å². The Morgan fingerprint density at radius 1 is 1.05 bits per heavy atom. The quantitative estimate of drug-likeness (QED) is 0.670. The monoisotopic (exact) mass is 302 g/mol. The lowest BCUT2D eigenvalue weighted by Gasteiger charge is -2.57. The molecule has 0 aliphatic heterocycles. The molecule has 22 heavy (non-hydrogen) atoms. The predicted octanol–water partition coefficient (Wildman–Crippen LogP) is 5.48. The summed E-state index contributed by atoms with van der Waals surface area (Å²) in [5.41, 5.74) is 1.71. The average Bonchev–Trinajstić information content (AvgIpc) is 2.89. The Kier molecular flexibility index (Phi) is 3.72. The van der Waals surface area contributed by atoms with E-state index in [0.29, 0.717) is 0 Å². The maximum absolute atomic E-state index is 11.4. The van der Waals surface area contributed by atoms with Crippen molar-refractivity contribution in [1.82, 2.24) is 0 Å². The van der Waals surface area contributed by atoms with E-state index < -0.39 is 0 Å². The van der Waals surface area contributed by atoms with Crippen molar-refractivity contribution in [3.05, 3.63) is 11.6 Å². The van der Waals surface area contributed by atoms with Crippen LogP contribution in [0.2, 0.25) is 0 Å². The molecule has 6 atom stereocenters. The van der Waals surface area contributed by atoms with Crippen LogP contribution < -0.4 is 0 Å². The largest absolute Gasteiger partial charge is 0.389 e. The van der Waals surface area contributed by atoms with Crippen LogP contribution in [0.4, 0.5) is 0 Å². The van der Waals surface area contributed by atoms with Crippen LogP contribution in [0, 0.1) is 29.1 Å². The van der Waals surface area contributed by atoms with Crippen molar-refractivity contribution in [3.63, 3.8) is 0 Å². The third-order valence-corrected chi connectivity index (χ3v) is 8.60. The van der Waals surface area contributed by atoms with Gasteiger partial charge in [-0.15, -0.1) is 0 Å². The molecule has 1 heteroatoms. The maximum atomic E-state index is 11.4. The van der Waals surface area contributed by atoms with Crippen LogP contribution in [0.15, 0.2) is 11.6 Å². The van der Waals surface area contributed by atoms with Crippen molar-refractivity contribution in [3.8, 4) is 0 Å². The zero-order chi connectivity index (χ0) is 15.4. The van der Waals surface area contributed by atoms with Crippen LogP contribution >= 0.6 is 0 Å². The van der Waals surface area contributed by atoms with Gasteiger partial charge in [0.25, 0.3) is 0 Å². The molecule has 0 amide bonds. The molecule has 4 rings (SSSR count). The van der Waals surface area contributed by atoms with Gasteiger partial charge in [-0.1, -0.05) is 25.5 Å².